The predicted octanol–water partition coefficient (Wildman–Crippen LogP) is 3.38. The highest BCUT2D eigenvalue weighted by molar-refractivity contribution is 5.78. The Kier molecular flexibility index (Phi) is 20.1. The molecule has 8 nitrogen and oxygen atoms in total. The Labute approximate surface area is 212 Å². The van der Waals surface area contributed by atoms with Crippen molar-refractivity contribution in [1.29, 1.82) is 0 Å². The molecule has 0 saturated carbocycles. The molecule has 0 heterocycles. The summed E-state index contributed by atoms with van der Waals surface area (Å²) in [4.78, 5) is 23.8. The lowest BCUT2D eigenvalue weighted by molar-refractivity contribution is -0.137. The van der Waals surface area contributed by atoms with Crippen LogP contribution in [0.5, 0.6) is 0 Å². The Morgan fingerprint density at radius 2 is 1.57 bits per heavy atom. The molecule has 0 fully saturated rings. The summed E-state index contributed by atoms with van der Waals surface area (Å²) in [6.07, 6.45) is 5.33. The number of rotatable bonds is 23. The quantitative estimate of drug-likeness (QED) is 0.184. The van der Waals surface area contributed by atoms with E-state index in [1.54, 1.807) is 20.8 Å². The first-order valence-electron chi connectivity index (χ1n) is 13.4. The summed E-state index contributed by atoms with van der Waals surface area (Å²) in [5.74, 6) is -0.695. The molecule has 208 valence electrons. The van der Waals surface area contributed by atoms with Crippen LogP contribution < -0.4 is 16.0 Å². The van der Waals surface area contributed by atoms with E-state index in [0.717, 1.165) is 6.54 Å². The maximum Gasteiger partial charge on any atom is 0.246 e. The number of hydrogen-bond acceptors (Lipinski definition) is 6. The second-order valence-corrected chi connectivity index (χ2v) is 9.57. The highest BCUT2D eigenvalue weighted by Gasteiger charge is 2.31. The van der Waals surface area contributed by atoms with Crippen LogP contribution in [-0.4, -0.2) is 82.3 Å². The first-order valence-corrected chi connectivity index (χ1v) is 13.4. The van der Waals surface area contributed by atoms with Gasteiger partial charge < -0.3 is 30.2 Å². The van der Waals surface area contributed by atoms with Crippen LogP contribution in [0.3, 0.4) is 0 Å². The van der Waals surface area contributed by atoms with Gasteiger partial charge in [-0.2, -0.15) is 0 Å². The maximum atomic E-state index is 14.5. The molecule has 0 spiro atoms. The molecular formula is C26H52FN3O5. The fourth-order valence-electron chi connectivity index (χ4n) is 3.26. The normalized spacial score (nSPS) is 14.4. The standard InChI is InChI=1S/C26H52FN3O5/c1-7-10-12-22(11-8-2)28-13-15-33-17-18-34-16-14-29-24(31)20-35-26(5,6)23(27)19-30-25(32)21(4)9-3/h21-23,28H,7-20H2,1-6H3,(H,29,31)(H,30,32). The number of carbonyl (C=O) groups is 2. The first-order chi connectivity index (χ1) is 16.7. The van der Waals surface area contributed by atoms with E-state index >= 15 is 0 Å². The molecule has 0 aromatic heterocycles. The second kappa shape index (κ2) is 20.9. The molecule has 3 atom stereocenters. The molecular weight excluding hydrogens is 453 g/mol. The average Bonchev–Trinajstić information content (AvgIpc) is 2.84. The van der Waals surface area contributed by atoms with Gasteiger partial charge in [0.25, 0.3) is 0 Å². The van der Waals surface area contributed by atoms with Crippen molar-refractivity contribution in [3.05, 3.63) is 0 Å². The second-order valence-electron chi connectivity index (χ2n) is 9.57. The molecule has 0 aliphatic carbocycles. The molecule has 0 aromatic carbocycles. The van der Waals surface area contributed by atoms with Gasteiger partial charge in [0.15, 0.2) is 0 Å². The van der Waals surface area contributed by atoms with E-state index in [-0.39, 0.29) is 30.9 Å². The van der Waals surface area contributed by atoms with Gasteiger partial charge in [-0.3, -0.25) is 9.59 Å². The Morgan fingerprint density at radius 3 is 2.17 bits per heavy atom. The smallest absolute Gasteiger partial charge is 0.246 e. The minimum absolute atomic E-state index is 0.151. The van der Waals surface area contributed by atoms with Crippen LogP contribution in [0.4, 0.5) is 4.39 Å². The monoisotopic (exact) mass is 505 g/mol. The third-order valence-electron chi connectivity index (χ3n) is 6.01. The van der Waals surface area contributed by atoms with Gasteiger partial charge in [0.2, 0.25) is 11.8 Å². The highest BCUT2D eigenvalue weighted by Crippen LogP contribution is 2.18. The Bertz CT molecular complexity index is 551. The topological polar surface area (TPSA) is 97.9 Å². The van der Waals surface area contributed by atoms with E-state index in [2.05, 4.69) is 29.8 Å². The number of carbonyl (C=O) groups excluding carboxylic acids is 2. The lowest BCUT2D eigenvalue weighted by atomic mass is 10.0. The van der Waals surface area contributed by atoms with Crippen LogP contribution in [-0.2, 0) is 23.8 Å². The molecule has 0 radical (unpaired) electrons. The molecule has 3 unspecified atom stereocenters. The van der Waals surface area contributed by atoms with Gasteiger partial charge in [0.05, 0.1) is 38.6 Å². The number of amides is 2. The summed E-state index contributed by atoms with van der Waals surface area (Å²) in [5.41, 5.74) is -1.20. The number of alkyl halides is 1. The van der Waals surface area contributed by atoms with E-state index in [0.29, 0.717) is 45.4 Å². The summed E-state index contributed by atoms with van der Waals surface area (Å²) in [6, 6.07) is 0.573. The van der Waals surface area contributed by atoms with Gasteiger partial charge in [-0.25, -0.2) is 4.39 Å². The molecule has 2 amide bonds. The van der Waals surface area contributed by atoms with Gasteiger partial charge in [0, 0.05) is 25.0 Å². The predicted molar refractivity (Wildman–Crippen MR) is 138 cm³/mol. The van der Waals surface area contributed by atoms with Crippen molar-refractivity contribution in [3.8, 4) is 0 Å². The van der Waals surface area contributed by atoms with Crippen molar-refractivity contribution in [2.75, 3.05) is 52.7 Å². The molecule has 35 heavy (non-hydrogen) atoms. The minimum Gasteiger partial charge on any atom is -0.378 e. The summed E-state index contributed by atoms with van der Waals surface area (Å²) in [5, 5.41) is 8.84. The molecule has 0 aliphatic heterocycles. The number of halogens is 1. The van der Waals surface area contributed by atoms with Crippen molar-refractivity contribution in [3.63, 3.8) is 0 Å². The van der Waals surface area contributed by atoms with Crippen molar-refractivity contribution in [1.82, 2.24) is 16.0 Å². The fraction of sp³-hybridized carbons (Fsp3) is 0.923. The van der Waals surface area contributed by atoms with Crippen LogP contribution in [0.25, 0.3) is 0 Å². The molecule has 0 aliphatic rings. The van der Waals surface area contributed by atoms with Gasteiger partial charge in [-0.1, -0.05) is 47.0 Å². The van der Waals surface area contributed by atoms with Crippen LogP contribution in [0, 0.1) is 5.92 Å². The van der Waals surface area contributed by atoms with E-state index in [1.165, 1.54) is 32.1 Å². The number of hydrogen-bond donors (Lipinski definition) is 3. The Balaban J connectivity index is 3.79. The molecule has 9 heteroatoms. The zero-order valence-corrected chi connectivity index (χ0v) is 23.1. The van der Waals surface area contributed by atoms with Crippen LogP contribution >= 0.6 is 0 Å². The van der Waals surface area contributed by atoms with Crippen molar-refractivity contribution < 1.29 is 28.2 Å². The fourth-order valence-corrected chi connectivity index (χ4v) is 3.26. The number of unbranched alkanes of at least 4 members (excludes halogenated alkanes) is 1. The number of ether oxygens (including phenoxy) is 3. The number of nitrogens with one attached hydrogen (secondary N) is 3. The van der Waals surface area contributed by atoms with Gasteiger partial charge in [-0.05, 0) is 33.1 Å². The van der Waals surface area contributed by atoms with E-state index < -0.39 is 11.8 Å². The summed E-state index contributed by atoms with van der Waals surface area (Å²) in [7, 11) is 0. The van der Waals surface area contributed by atoms with Crippen LogP contribution in [0.1, 0.15) is 80.1 Å². The summed E-state index contributed by atoms with van der Waals surface area (Å²) < 4.78 is 31.0. The highest BCUT2D eigenvalue weighted by atomic mass is 19.1. The van der Waals surface area contributed by atoms with E-state index in [9.17, 15) is 14.0 Å². The van der Waals surface area contributed by atoms with Crippen molar-refractivity contribution >= 4 is 11.8 Å². The van der Waals surface area contributed by atoms with Crippen molar-refractivity contribution in [2.45, 2.75) is 97.9 Å². The van der Waals surface area contributed by atoms with E-state index in [1.807, 2.05) is 6.92 Å². The zero-order valence-electron chi connectivity index (χ0n) is 23.1. The van der Waals surface area contributed by atoms with Crippen LogP contribution in [0.2, 0.25) is 0 Å². The SMILES string of the molecule is CCCCC(CCC)NCCOCCOCCNC(=O)COC(C)(C)C(F)CNC(=O)C(C)CC. The van der Waals surface area contributed by atoms with Crippen LogP contribution in [0.15, 0.2) is 0 Å². The van der Waals surface area contributed by atoms with Gasteiger partial charge in [0.1, 0.15) is 12.8 Å². The largest absolute Gasteiger partial charge is 0.378 e. The molecule has 0 rings (SSSR count). The average molecular weight is 506 g/mol. The molecule has 0 aromatic rings. The Hall–Kier alpha value is -1.29. The lowest BCUT2D eigenvalue weighted by Crippen LogP contribution is -2.46. The third kappa shape index (κ3) is 17.7. The minimum atomic E-state index is -1.43. The molecule has 3 N–H and O–H groups in total. The maximum absolute atomic E-state index is 14.5. The molecule has 0 saturated heterocycles. The van der Waals surface area contributed by atoms with E-state index in [4.69, 9.17) is 14.2 Å². The molecule has 0 bridgehead atoms. The summed E-state index contributed by atoms with van der Waals surface area (Å²) in [6.45, 7) is 14.0. The van der Waals surface area contributed by atoms with Crippen molar-refractivity contribution in [2.24, 2.45) is 5.92 Å². The Morgan fingerprint density at radius 1 is 0.914 bits per heavy atom. The van der Waals surface area contributed by atoms with Gasteiger partial charge in [-0.15, -0.1) is 0 Å². The zero-order chi connectivity index (χ0) is 26.5. The van der Waals surface area contributed by atoms with Gasteiger partial charge >= 0.3 is 0 Å². The third-order valence-corrected chi connectivity index (χ3v) is 6.01. The lowest BCUT2D eigenvalue weighted by Gasteiger charge is -2.29. The summed E-state index contributed by atoms with van der Waals surface area (Å²) >= 11 is 0. The first kappa shape index (κ1) is 33.7.